The van der Waals surface area contributed by atoms with E-state index >= 15 is 0 Å². The average Bonchev–Trinajstić information content (AvgIpc) is 2.71. The Morgan fingerprint density at radius 1 is 1.04 bits per heavy atom. The number of thioether (sulfide) groups is 2. The van der Waals surface area contributed by atoms with Crippen LogP contribution in [0.3, 0.4) is 0 Å². The van der Waals surface area contributed by atoms with Gasteiger partial charge >= 0.3 is 0 Å². The molecule has 27 heavy (non-hydrogen) atoms. The van der Waals surface area contributed by atoms with Gasteiger partial charge in [0.1, 0.15) is 11.8 Å². The first-order valence-corrected chi connectivity index (χ1v) is 11.0. The minimum absolute atomic E-state index is 0.124. The van der Waals surface area contributed by atoms with Crippen molar-refractivity contribution >= 4 is 35.1 Å². The zero-order chi connectivity index (χ0) is 19.3. The highest BCUT2D eigenvalue weighted by Gasteiger charge is 2.61. The fourth-order valence-electron chi connectivity index (χ4n) is 3.10. The van der Waals surface area contributed by atoms with Crippen molar-refractivity contribution in [2.45, 2.75) is 24.0 Å². The SMILES string of the molecule is CCSC1(SCC)C(=O)N(c2ccc(OC)cc2)C1C#Cc1ccccc1. The van der Waals surface area contributed by atoms with E-state index in [2.05, 4.69) is 25.7 Å². The molecule has 0 radical (unpaired) electrons. The lowest BCUT2D eigenvalue weighted by Gasteiger charge is -2.52. The molecule has 1 amide bonds. The molecule has 0 spiro atoms. The van der Waals surface area contributed by atoms with E-state index in [-0.39, 0.29) is 11.9 Å². The molecule has 5 heteroatoms. The summed E-state index contributed by atoms with van der Waals surface area (Å²) in [5.74, 6) is 9.30. The van der Waals surface area contributed by atoms with Crippen LogP contribution < -0.4 is 9.64 Å². The molecule has 1 aliphatic rings. The fraction of sp³-hybridized carbons (Fsp3) is 0.318. The Bertz CT molecular complexity index is 834. The van der Waals surface area contributed by atoms with Gasteiger partial charge in [-0.05, 0) is 47.9 Å². The molecule has 2 aromatic carbocycles. The van der Waals surface area contributed by atoms with Crippen molar-refractivity contribution in [1.82, 2.24) is 0 Å². The van der Waals surface area contributed by atoms with E-state index in [0.29, 0.717) is 0 Å². The highest BCUT2D eigenvalue weighted by Crippen LogP contribution is 2.52. The number of hydrogen-bond acceptors (Lipinski definition) is 4. The summed E-state index contributed by atoms with van der Waals surface area (Å²) < 4.78 is 4.70. The summed E-state index contributed by atoms with van der Waals surface area (Å²) in [6, 6.07) is 17.3. The van der Waals surface area contributed by atoms with E-state index in [9.17, 15) is 4.79 Å². The Balaban J connectivity index is 1.98. The molecule has 1 fully saturated rings. The zero-order valence-electron chi connectivity index (χ0n) is 15.8. The number of rotatable bonds is 6. The lowest BCUT2D eigenvalue weighted by Crippen LogP contribution is -2.70. The molecule has 0 saturated carbocycles. The van der Waals surface area contributed by atoms with Gasteiger partial charge in [-0.15, -0.1) is 23.5 Å². The molecule has 1 heterocycles. The second-order valence-corrected chi connectivity index (χ2v) is 9.22. The minimum Gasteiger partial charge on any atom is -0.497 e. The minimum atomic E-state index is -0.536. The average molecular weight is 398 g/mol. The Labute approximate surface area is 169 Å². The van der Waals surface area contributed by atoms with Crippen LogP contribution in [0.2, 0.25) is 0 Å². The molecule has 1 unspecified atom stereocenters. The van der Waals surface area contributed by atoms with E-state index in [4.69, 9.17) is 4.74 Å². The summed E-state index contributed by atoms with van der Waals surface area (Å²) >= 11 is 3.38. The van der Waals surface area contributed by atoms with Crippen molar-refractivity contribution in [2.24, 2.45) is 0 Å². The highest BCUT2D eigenvalue weighted by atomic mass is 32.2. The number of anilines is 1. The van der Waals surface area contributed by atoms with Crippen LogP contribution >= 0.6 is 23.5 Å². The second-order valence-electron chi connectivity index (χ2n) is 5.94. The van der Waals surface area contributed by atoms with E-state index in [1.54, 1.807) is 30.6 Å². The molecule has 1 atom stereocenters. The quantitative estimate of drug-likeness (QED) is 0.403. The van der Waals surface area contributed by atoms with Crippen LogP contribution in [-0.2, 0) is 4.79 Å². The zero-order valence-corrected chi connectivity index (χ0v) is 17.4. The summed E-state index contributed by atoms with van der Waals surface area (Å²) in [6.07, 6.45) is 0. The summed E-state index contributed by atoms with van der Waals surface area (Å²) in [4.78, 5) is 15.0. The van der Waals surface area contributed by atoms with Crippen molar-refractivity contribution < 1.29 is 9.53 Å². The number of amides is 1. The number of carbonyl (C=O) groups is 1. The van der Waals surface area contributed by atoms with Crippen molar-refractivity contribution in [3.05, 3.63) is 60.2 Å². The van der Waals surface area contributed by atoms with E-state index in [0.717, 1.165) is 28.5 Å². The summed E-state index contributed by atoms with van der Waals surface area (Å²) in [5, 5.41) is 0. The molecular formula is C22H23NO2S2. The lowest BCUT2D eigenvalue weighted by atomic mass is 9.98. The molecule has 0 aromatic heterocycles. The predicted molar refractivity (Wildman–Crippen MR) is 117 cm³/mol. The highest BCUT2D eigenvalue weighted by molar-refractivity contribution is 8.19. The van der Waals surface area contributed by atoms with Gasteiger partial charge in [0.25, 0.3) is 5.91 Å². The summed E-state index contributed by atoms with van der Waals surface area (Å²) in [5.41, 5.74) is 1.82. The number of β-lactam (4-membered cyclic amide) rings is 1. The van der Waals surface area contributed by atoms with Crippen molar-refractivity contribution in [3.63, 3.8) is 0 Å². The van der Waals surface area contributed by atoms with Crippen LogP contribution in [0.15, 0.2) is 54.6 Å². The largest absolute Gasteiger partial charge is 0.497 e. The summed E-state index contributed by atoms with van der Waals surface area (Å²) in [6.45, 7) is 4.18. The van der Waals surface area contributed by atoms with Gasteiger partial charge in [0.15, 0.2) is 4.08 Å². The molecule has 0 aliphatic carbocycles. The monoisotopic (exact) mass is 397 g/mol. The molecule has 1 saturated heterocycles. The van der Waals surface area contributed by atoms with Crippen LogP contribution in [0, 0.1) is 11.8 Å². The fourth-order valence-corrected chi connectivity index (χ4v) is 6.09. The van der Waals surface area contributed by atoms with Crippen LogP contribution in [-0.4, -0.2) is 34.6 Å². The maximum atomic E-state index is 13.2. The maximum Gasteiger partial charge on any atom is 0.257 e. The topological polar surface area (TPSA) is 29.5 Å². The van der Waals surface area contributed by atoms with E-state index < -0.39 is 4.08 Å². The molecular weight excluding hydrogens is 374 g/mol. The smallest absolute Gasteiger partial charge is 0.257 e. The van der Waals surface area contributed by atoms with Crippen LogP contribution in [0.25, 0.3) is 0 Å². The number of ether oxygens (including phenoxy) is 1. The van der Waals surface area contributed by atoms with Gasteiger partial charge in [-0.2, -0.15) is 0 Å². The van der Waals surface area contributed by atoms with Gasteiger partial charge in [-0.25, -0.2) is 0 Å². The molecule has 0 bridgehead atoms. The molecule has 0 N–H and O–H groups in total. The van der Waals surface area contributed by atoms with Gasteiger partial charge in [-0.1, -0.05) is 43.9 Å². The Hall–Kier alpha value is -2.03. The van der Waals surface area contributed by atoms with Gasteiger partial charge in [0, 0.05) is 11.3 Å². The van der Waals surface area contributed by atoms with Crippen molar-refractivity contribution in [3.8, 4) is 17.6 Å². The first-order chi connectivity index (χ1) is 13.2. The third-order valence-electron chi connectivity index (χ3n) is 4.33. The van der Waals surface area contributed by atoms with Gasteiger partial charge < -0.3 is 4.74 Å². The van der Waals surface area contributed by atoms with E-state index in [1.807, 2.05) is 59.5 Å². The number of methoxy groups -OCH3 is 1. The van der Waals surface area contributed by atoms with Crippen LogP contribution in [0.4, 0.5) is 5.69 Å². The first-order valence-electron chi connectivity index (χ1n) is 8.98. The van der Waals surface area contributed by atoms with E-state index in [1.165, 1.54) is 0 Å². The second kappa shape index (κ2) is 8.77. The first kappa shape index (κ1) is 19.7. The maximum absolute atomic E-state index is 13.2. The standard InChI is InChI=1S/C22H23NO2S2/c1-4-26-22(27-5-2)20(16-11-17-9-7-6-8-10-17)23(21(22)24)18-12-14-19(25-3)15-13-18/h6-10,12-15,20H,4-5H2,1-3H3. The Kier molecular flexibility index (Phi) is 6.41. The lowest BCUT2D eigenvalue weighted by molar-refractivity contribution is -0.123. The molecule has 2 aromatic rings. The van der Waals surface area contributed by atoms with Gasteiger partial charge in [-0.3, -0.25) is 9.69 Å². The molecule has 1 aliphatic heterocycles. The molecule has 3 nitrogen and oxygen atoms in total. The number of hydrogen-bond donors (Lipinski definition) is 0. The Morgan fingerprint density at radius 3 is 2.22 bits per heavy atom. The normalized spacial score (nSPS) is 17.7. The number of benzene rings is 2. The number of nitrogens with zero attached hydrogens (tertiary/aromatic N) is 1. The summed E-state index contributed by atoms with van der Waals surface area (Å²) in [7, 11) is 1.64. The van der Waals surface area contributed by atoms with Gasteiger partial charge in [0.2, 0.25) is 0 Å². The van der Waals surface area contributed by atoms with Gasteiger partial charge in [0.05, 0.1) is 7.11 Å². The third-order valence-corrected chi connectivity index (χ3v) is 7.27. The number of carbonyl (C=O) groups excluding carboxylic acids is 1. The van der Waals surface area contributed by atoms with Crippen LogP contribution in [0.5, 0.6) is 5.75 Å². The molecule has 140 valence electrons. The van der Waals surface area contributed by atoms with Crippen molar-refractivity contribution in [2.75, 3.05) is 23.5 Å². The predicted octanol–water partition coefficient (Wildman–Crippen LogP) is 4.66. The molecule has 3 rings (SSSR count). The van der Waals surface area contributed by atoms with Crippen molar-refractivity contribution in [1.29, 1.82) is 0 Å². The third kappa shape index (κ3) is 3.83. The van der Waals surface area contributed by atoms with Crippen LogP contribution in [0.1, 0.15) is 19.4 Å². The Morgan fingerprint density at radius 2 is 1.67 bits per heavy atom.